The molecular weight excluding hydrogens is 607 g/mol. The number of phosphoric acid groups is 1. The minimum atomic E-state index is -4.76. The van der Waals surface area contributed by atoms with E-state index < -0.39 is 32.5 Å². The van der Waals surface area contributed by atoms with Crippen molar-refractivity contribution >= 4 is 19.8 Å². The normalized spacial score (nSPS) is 13.9. The third-order valence-corrected chi connectivity index (χ3v) is 7.53. The molecule has 0 aromatic heterocycles. The van der Waals surface area contributed by atoms with Gasteiger partial charge in [-0.25, -0.2) is 4.57 Å². The molecule has 9 nitrogen and oxygen atoms in total. The van der Waals surface area contributed by atoms with E-state index in [0.29, 0.717) is 19.3 Å². The number of hydrogen-bond donors (Lipinski definition) is 3. The summed E-state index contributed by atoms with van der Waals surface area (Å²) in [7, 11) is -4.76. The molecule has 10 heteroatoms. The molecule has 0 heterocycles. The SMILES string of the molecule is CC(C)CCCCCCCCCC(=O)O[C@H](COC(=O)CCC/C=C\C/C=C\C/C=C\C/C=C\CCC[C@@H](C)O)COP(=O)(O)O. The van der Waals surface area contributed by atoms with Crippen LogP contribution in [0.2, 0.25) is 0 Å². The molecule has 0 aliphatic rings. The lowest BCUT2D eigenvalue weighted by Gasteiger charge is -2.18. The van der Waals surface area contributed by atoms with Crippen LogP contribution in [0, 0.1) is 5.92 Å². The average molecular weight is 671 g/mol. The summed E-state index contributed by atoms with van der Waals surface area (Å²) in [6.07, 6.45) is 31.4. The van der Waals surface area contributed by atoms with Gasteiger partial charge in [0.25, 0.3) is 0 Å². The van der Waals surface area contributed by atoms with Crippen molar-refractivity contribution in [1.29, 1.82) is 0 Å². The molecule has 0 amide bonds. The summed E-state index contributed by atoms with van der Waals surface area (Å²) in [6.45, 7) is 5.40. The van der Waals surface area contributed by atoms with Gasteiger partial charge < -0.3 is 24.4 Å². The second-order valence-electron chi connectivity index (χ2n) is 12.3. The molecule has 0 aliphatic carbocycles. The number of phosphoric ester groups is 1. The van der Waals surface area contributed by atoms with Crippen molar-refractivity contribution in [2.24, 2.45) is 5.92 Å². The molecule has 0 radical (unpaired) electrons. The summed E-state index contributed by atoms with van der Waals surface area (Å²) in [5.41, 5.74) is 0. The Kier molecular flexibility index (Phi) is 29.0. The second-order valence-corrected chi connectivity index (χ2v) is 13.5. The monoisotopic (exact) mass is 670 g/mol. The molecular formula is C36H63O9P. The summed E-state index contributed by atoms with van der Waals surface area (Å²) in [5, 5.41) is 9.23. The zero-order valence-electron chi connectivity index (χ0n) is 28.7. The van der Waals surface area contributed by atoms with Crippen molar-refractivity contribution in [2.75, 3.05) is 13.2 Å². The molecule has 3 N–H and O–H groups in total. The lowest BCUT2D eigenvalue weighted by Crippen LogP contribution is -2.29. The summed E-state index contributed by atoms with van der Waals surface area (Å²) in [4.78, 5) is 42.5. The van der Waals surface area contributed by atoms with Crippen LogP contribution in [0.1, 0.15) is 136 Å². The van der Waals surface area contributed by atoms with Gasteiger partial charge in [-0.3, -0.25) is 14.1 Å². The molecule has 0 saturated heterocycles. The standard InChI is InChI=1S/C36H63O9P/c1-32(2)26-22-18-14-13-17-21-25-29-36(39)45-34(31-44-46(40,41)42)30-43-35(38)28-24-20-16-12-10-8-6-4-5-7-9-11-15-19-23-27-33(3)37/h5-8,11-12,15-16,32-34,37H,4,9-10,13-14,17-31H2,1-3H3,(H2,40,41,42)/b7-5-,8-6-,15-11-,16-12-/t33-,34-/m1/s1. The van der Waals surface area contributed by atoms with Gasteiger partial charge in [0.1, 0.15) is 6.61 Å². The van der Waals surface area contributed by atoms with Crippen molar-refractivity contribution in [2.45, 2.75) is 149 Å². The first-order valence-electron chi connectivity index (χ1n) is 17.3. The summed E-state index contributed by atoms with van der Waals surface area (Å²) < 4.78 is 26.1. The molecule has 46 heavy (non-hydrogen) atoms. The Balaban J connectivity index is 4.11. The summed E-state index contributed by atoms with van der Waals surface area (Å²) in [5.74, 6) is -0.233. The third kappa shape index (κ3) is 34.8. The number of carbonyl (C=O) groups excluding carboxylic acids is 2. The van der Waals surface area contributed by atoms with E-state index in [9.17, 15) is 19.3 Å². The predicted octanol–water partition coefficient (Wildman–Crippen LogP) is 8.83. The van der Waals surface area contributed by atoms with Crippen molar-refractivity contribution in [1.82, 2.24) is 0 Å². The van der Waals surface area contributed by atoms with Gasteiger partial charge in [-0.1, -0.05) is 107 Å². The van der Waals surface area contributed by atoms with E-state index in [2.05, 4.69) is 54.8 Å². The molecule has 0 spiro atoms. The lowest BCUT2D eigenvalue weighted by atomic mass is 10.0. The Labute approximate surface area is 278 Å². The van der Waals surface area contributed by atoms with Crippen molar-refractivity contribution in [3.63, 3.8) is 0 Å². The maximum absolute atomic E-state index is 12.3. The largest absolute Gasteiger partial charge is 0.469 e. The Hall–Kier alpha value is -2.03. The van der Waals surface area contributed by atoms with Gasteiger partial charge in [-0.15, -0.1) is 0 Å². The van der Waals surface area contributed by atoms with Crippen LogP contribution in [0.15, 0.2) is 48.6 Å². The van der Waals surface area contributed by atoms with E-state index >= 15 is 0 Å². The van der Waals surface area contributed by atoms with Crippen molar-refractivity contribution < 1.29 is 43.0 Å². The predicted molar refractivity (Wildman–Crippen MR) is 185 cm³/mol. The van der Waals surface area contributed by atoms with Gasteiger partial charge in [0.05, 0.1) is 12.7 Å². The number of aliphatic hydroxyl groups excluding tert-OH is 1. The fourth-order valence-corrected chi connectivity index (χ4v) is 4.81. The number of ether oxygens (including phenoxy) is 2. The molecule has 0 aliphatic heterocycles. The Morgan fingerprint density at radius 3 is 1.67 bits per heavy atom. The van der Waals surface area contributed by atoms with Gasteiger partial charge in [0.2, 0.25) is 0 Å². The first kappa shape index (κ1) is 44.0. The second kappa shape index (κ2) is 30.3. The maximum Gasteiger partial charge on any atom is 0.469 e. The number of carbonyl (C=O) groups is 2. The number of aliphatic hydroxyl groups is 1. The molecule has 0 fully saturated rings. The lowest BCUT2D eigenvalue weighted by molar-refractivity contribution is -0.161. The van der Waals surface area contributed by atoms with Crippen LogP contribution in [0.3, 0.4) is 0 Å². The molecule has 0 bridgehead atoms. The van der Waals surface area contributed by atoms with Gasteiger partial charge in [0, 0.05) is 12.8 Å². The van der Waals surface area contributed by atoms with Gasteiger partial charge in [-0.2, -0.15) is 0 Å². The van der Waals surface area contributed by atoms with Gasteiger partial charge >= 0.3 is 19.8 Å². The van der Waals surface area contributed by atoms with Crippen LogP contribution >= 0.6 is 7.82 Å². The third-order valence-electron chi connectivity index (χ3n) is 7.05. The zero-order chi connectivity index (χ0) is 34.3. The van der Waals surface area contributed by atoms with Crippen molar-refractivity contribution in [3.8, 4) is 0 Å². The maximum atomic E-state index is 12.3. The van der Waals surface area contributed by atoms with Crippen LogP contribution < -0.4 is 0 Å². The Bertz CT molecular complexity index is 918. The molecule has 2 atom stereocenters. The van der Waals surface area contributed by atoms with E-state index in [1.165, 1.54) is 25.7 Å². The molecule has 0 rings (SSSR count). The van der Waals surface area contributed by atoms with Crippen LogP contribution in [0.25, 0.3) is 0 Å². The number of esters is 2. The topological polar surface area (TPSA) is 140 Å². The first-order chi connectivity index (χ1) is 22.0. The first-order valence-corrected chi connectivity index (χ1v) is 18.9. The Morgan fingerprint density at radius 2 is 1.13 bits per heavy atom. The van der Waals surface area contributed by atoms with Crippen molar-refractivity contribution in [3.05, 3.63) is 48.6 Å². The van der Waals surface area contributed by atoms with Gasteiger partial charge in [0.15, 0.2) is 6.10 Å². The summed E-state index contributed by atoms with van der Waals surface area (Å²) in [6, 6.07) is 0. The van der Waals surface area contributed by atoms with Gasteiger partial charge in [-0.05, 0) is 70.6 Å². The number of unbranched alkanes of at least 4 members (excludes halogenated alkanes) is 8. The number of rotatable bonds is 30. The quantitative estimate of drug-likeness (QED) is 0.0296. The van der Waals surface area contributed by atoms with E-state index in [-0.39, 0.29) is 25.6 Å². The highest BCUT2D eigenvalue weighted by molar-refractivity contribution is 7.46. The number of allylic oxidation sites excluding steroid dienone is 8. The van der Waals surface area contributed by atoms with E-state index in [0.717, 1.165) is 63.7 Å². The fraction of sp³-hybridized carbons (Fsp3) is 0.722. The fourth-order valence-electron chi connectivity index (χ4n) is 4.45. The minimum Gasteiger partial charge on any atom is -0.462 e. The average Bonchev–Trinajstić information content (AvgIpc) is 2.98. The zero-order valence-corrected chi connectivity index (χ0v) is 29.6. The van der Waals surface area contributed by atoms with E-state index in [1.807, 2.05) is 19.1 Å². The minimum absolute atomic E-state index is 0.178. The van der Waals surface area contributed by atoms with E-state index in [4.69, 9.17) is 19.3 Å². The molecule has 0 aromatic rings. The highest BCUT2D eigenvalue weighted by Crippen LogP contribution is 2.35. The highest BCUT2D eigenvalue weighted by Gasteiger charge is 2.22. The van der Waals surface area contributed by atoms with Crippen LogP contribution in [0.4, 0.5) is 0 Å². The molecule has 266 valence electrons. The smallest absolute Gasteiger partial charge is 0.462 e. The Morgan fingerprint density at radius 1 is 0.630 bits per heavy atom. The molecule has 0 saturated carbocycles. The highest BCUT2D eigenvalue weighted by atomic mass is 31.2. The van der Waals surface area contributed by atoms with Crippen LogP contribution in [-0.2, 0) is 28.2 Å². The van der Waals surface area contributed by atoms with E-state index in [1.54, 1.807) is 0 Å². The number of hydrogen-bond acceptors (Lipinski definition) is 7. The summed E-state index contributed by atoms with van der Waals surface area (Å²) >= 11 is 0. The van der Waals surface area contributed by atoms with Crippen LogP contribution in [0.5, 0.6) is 0 Å². The molecule has 0 aromatic carbocycles. The molecule has 0 unspecified atom stereocenters. The van der Waals surface area contributed by atoms with Crippen LogP contribution in [-0.4, -0.2) is 52.3 Å².